The van der Waals surface area contributed by atoms with Gasteiger partial charge in [0.25, 0.3) is 0 Å². The Balaban J connectivity index is 2.16. The summed E-state index contributed by atoms with van der Waals surface area (Å²) in [5.74, 6) is 0. The van der Waals surface area contributed by atoms with Crippen molar-refractivity contribution in [3.05, 3.63) is 61.2 Å². The van der Waals surface area contributed by atoms with Crippen molar-refractivity contribution in [1.82, 2.24) is 0 Å². The standard InChI is InChI=1S/C17H17OP/c1-3-13(2)18-12-19-16-10-6-4-8-14(16)15-9-5-7-11-17(15)19/h3-11,13H,1,12H2,2H3. The minimum atomic E-state index is -0.385. The largest absolute Gasteiger partial charge is 0.366 e. The smallest absolute Gasteiger partial charge is 0.0864 e. The first kappa shape index (κ1) is 12.5. The van der Waals surface area contributed by atoms with Crippen LogP contribution in [0.1, 0.15) is 6.92 Å². The molecule has 2 aromatic carbocycles. The van der Waals surface area contributed by atoms with Crippen molar-refractivity contribution < 1.29 is 4.74 Å². The van der Waals surface area contributed by atoms with E-state index in [1.54, 1.807) is 0 Å². The lowest BCUT2D eigenvalue weighted by molar-refractivity contribution is 0.109. The Labute approximate surface area is 114 Å². The van der Waals surface area contributed by atoms with Crippen molar-refractivity contribution in [2.24, 2.45) is 0 Å². The quantitative estimate of drug-likeness (QED) is 0.565. The van der Waals surface area contributed by atoms with Gasteiger partial charge < -0.3 is 4.74 Å². The van der Waals surface area contributed by atoms with E-state index in [2.05, 4.69) is 55.1 Å². The highest BCUT2D eigenvalue weighted by Gasteiger charge is 2.11. The summed E-state index contributed by atoms with van der Waals surface area (Å²) >= 11 is 0. The van der Waals surface area contributed by atoms with Gasteiger partial charge in [0.05, 0.1) is 12.5 Å². The predicted octanol–water partition coefficient (Wildman–Crippen LogP) is 5.53. The molecule has 1 aromatic heterocycles. The number of rotatable bonds is 4. The SMILES string of the molecule is C=CC(C)OCp1c2ccccc2c2ccccc21. The van der Waals surface area contributed by atoms with Gasteiger partial charge in [0, 0.05) is 10.2 Å². The van der Waals surface area contributed by atoms with Gasteiger partial charge in [-0.2, -0.15) is 0 Å². The summed E-state index contributed by atoms with van der Waals surface area (Å²) in [6.07, 6.45) is 2.74. The fourth-order valence-electron chi connectivity index (χ4n) is 2.40. The molecule has 1 atom stereocenters. The molecule has 3 rings (SSSR count). The summed E-state index contributed by atoms with van der Waals surface area (Å²) in [5, 5.41) is 5.63. The summed E-state index contributed by atoms with van der Waals surface area (Å²) < 4.78 is 5.90. The highest BCUT2D eigenvalue weighted by Crippen LogP contribution is 2.49. The molecule has 1 unspecified atom stereocenters. The van der Waals surface area contributed by atoms with Gasteiger partial charge in [-0.05, 0) is 17.7 Å². The van der Waals surface area contributed by atoms with Crippen molar-refractivity contribution in [3.8, 4) is 0 Å². The Bertz CT molecular complexity index is 673. The van der Waals surface area contributed by atoms with Crippen LogP contribution < -0.4 is 0 Å². The Morgan fingerprint density at radius 2 is 1.58 bits per heavy atom. The third-order valence-corrected chi connectivity index (χ3v) is 5.83. The highest BCUT2D eigenvalue weighted by atomic mass is 31.1. The van der Waals surface area contributed by atoms with Gasteiger partial charge in [0.2, 0.25) is 0 Å². The number of hydrogen-bond acceptors (Lipinski definition) is 1. The van der Waals surface area contributed by atoms with Gasteiger partial charge in [0.15, 0.2) is 0 Å². The van der Waals surface area contributed by atoms with Crippen LogP contribution in [0.5, 0.6) is 0 Å². The molecule has 0 saturated heterocycles. The van der Waals surface area contributed by atoms with E-state index < -0.39 is 0 Å². The second kappa shape index (κ2) is 5.21. The van der Waals surface area contributed by atoms with Gasteiger partial charge >= 0.3 is 0 Å². The number of ether oxygens (including phenoxy) is 1. The summed E-state index contributed by atoms with van der Waals surface area (Å²) in [5.41, 5.74) is 0. The molecule has 96 valence electrons. The molecule has 2 heteroatoms. The van der Waals surface area contributed by atoms with E-state index in [1.165, 1.54) is 21.0 Å². The maximum absolute atomic E-state index is 5.90. The zero-order valence-corrected chi connectivity index (χ0v) is 11.9. The first-order valence-corrected chi connectivity index (χ1v) is 8.04. The van der Waals surface area contributed by atoms with Crippen LogP contribution in [0.25, 0.3) is 21.0 Å². The van der Waals surface area contributed by atoms with E-state index in [1.807, 2.05) is 13.0 Å². The van der Waals surface area contributed by atoms with Crippen LogP contribution in [0.3, 0.4) is 0 Å². The highest BCUT2D eigenvalue weighted by molar-refractivity contribution is 7.60. The van der Waals surface area contributed by atoms with Crippen LogP contribution in [-0.4, -0.2) is 6.10 Å². The number of benzene rings is 2. The van der Waals surface area contributed by atoms with Crippen molar-refractivity contribution in [2.75, 3.05) is 0 Å². The molecular weight excluding hydrogens is 251 g/mol. The zero-order chi connectivity index (χ0) is 13.2. The maximum atomic E-state index is 5.90. The molecule has 0 fully saturated rings. The Morgan fingerprint density at radius 1 is 1.05 bits per heavy atom. The minimum absolute atomic E-state index is 0.113. The van der Waals surface area contributed by atoms with Crippen LogP contribution in [0.4, 0.5) is 0 Å². The van der Waals surface area contributed by atoms with Gasteiger partial charge in [-0.1, -0.05) is 62.1 Å². The van der Waals surface area contributed by atoms with Crippen LogP contribution in [0.15, 0.2) is 61.2 Å². The Kier molecular flexibility index (Phi) is 3.42. The molecule has 19 heavy (non-hydrogen) atoms. The lowest BCUT2D eigenvalue weighted by Gasteiger charge is -2.09. The van der Waals surface area contributed by atoms with Crippen LogP contribution >= 0.6 is 7.53 Å². The Morgan fingerprint density at radius 3 is 2.11 bits per heavy atom. The normalized spacial score (nSPS) is 12.9. The van der Waals surface area contributed by atoms with Crippen molar-refractivity contribution in [2.45, 2.75) is 19.4 Å². The van der Waals surface area contributed by atoms with E-state index in [0.29, 0.717) is 0 Å². The predicted molar refractivity (Wildman–Crippen MR) is 84.9 cm³/mol. The fourth-order valence-corrected chi connectivity index (χ4v) is 4.83. The van der Waals surface area contributed by atoms with Crippen LogP contribution in [0, 0.1) is 0 Å². The van der Waals surface area contributed by atoms with Gasteiger partial charge in [-0.25, -0.2) is 0 Å². The molecule has 0 aliphatic carbocycles. The minimum Gasteiger partial charge on any atom is -0.366 e. The molecule has 0 spiro atoms. The summed E-state index contributed by atoms with van der Waals surface area (Å²) in [4.78, 5) is 0. The third kappa shape index (κ3) is 2.20. The lowest BCUT2D eigenvalue weighted by atomic mass is 10.2. The molecule has 1 nitrogen and oxygen atoms in total. The second-order valence-electron chi connectivity index (χ2n) is 4.70. The molecule has 0 amide bonds. The van der Waals surface area contributed by atoms with E-state index in [9.17, 15) is 0 Å². The summed E-state index contributed by atoms with van der Waals surface area (Å²) in [6.45, 7) is 5.81. The van der Waals surface area contributed by atoms with E-state index in [4.69, 9.17) is 4.74 Å². The van der Waals surface area contributed by atoms with Gasteiger partial charge in [0.1, 0.15) is 0 Å². The summed E-state index contributed by atoms with van der Waals surface area (Å²) in [6, 6.07) is 17.4. The number of hydrogen-bond donors (Lipinski definition) is 0. The van der Waals surface area contributed by atoms with Gasteiger partial charge in [-0.15, -0.1) is 6.58 Å². The number of fused-ring (bicyclic) bond motifs is 3. The average Bonchev–Trinajstić information content (AvgIpc) is 2.79. The fraction of sp³-hybridized carbons (Fsp3) is 0.176. The Hall–Kier alpha value is -1.56. The van der Waals surface area contributed by atoms with Gasteiger partial charge in [-0.3, -0.25) is 0 Å². The van der Waals surface area contributed by atoms with Crippen LogP contribution in [-0.2, 0) is 11.1 Å². The average molecular weight is 268 g/mol. The molecule has 0 bridgehead atoms. The van der Waals surface area contributed by atoms with E-state index in [0.717, 1.165) is 6.35 Å². The van der Waals surface area contributed by atoms with Crippen molar-refractivity contribution in [3.63, 3.8) is 0 Å². The van der Waals surface area contributed by atoms with E-state index in [-0.39, 0.29) is 13.6 Å². The second-order valence-corrected chi connectivity index (χ2v) is 6.78. The first-order chi connectivity index (χ1) is 9.31. The molecule has 3 aromatic rings. The molecule has 0 aliphatic rings. The van der Waals surface area contributed by atoms with Crippen molar-refractivity contribution >= 4 is 28.5 Å². The third-order valence-electron chi connectivity index (χ3n) is 3.48. The maximum Gasteiger partial charge on any atom is 0.0864 e. The first-order valence-electron chi connectivity index (χ1n) is 6.51. The zero-order valence-electron chi connectivity index (χ0n) is 11.0. The molecule has 0 N–H and O–H groups in total. The van der Waals surface area contributed by atoms with Crippen molar-refractivity contribution in [1.29, 1.82) is 0 Å². The summed E-state index contributed by atoms with van der Waals surface area (Å²) in [7, 11) is -0.385. The molecule has 0 radical (unpaired) electrons. The molecular formula is C17H17OP. The van der Waals surface area contributed by atoms with E-state index >= 15 is 0 Å². The monoisotopic (exact) mass is 268 g/mol. The molecule has 1 heterocycles. The molecule has 0 aliphatic heterocycles. The molecule has 0 saturated carbocycles. The lowest BCUT2D eigenvalue weighted by Crippen LogP contribution is -2.00. The topological polar surface area (TPSA) is 9.23 Å². The van der Waals surface area contributed by atoms with Crippen LogP contribution in [0.2, 0.25) is 0 Å².